The summed E-state index contributed by atoms with van der Waals surface area (Å²) in [5.74, 6) is -0.207. The van der Waals surface area contributed by atoms with Crippen LogP contribution in [-0.4, -0.2) is 26.2 Å². The lowest BCUT2D eigenvalue weighted by molar-refractivity contribution is 0.589. The molecule has 0 unspecified atom stereocenters. The predicted molar refractivity (Wildman–Crippen MR) is 85.3 cm³/mol. The van der Waals surface area contributed by atoms with Gasteiger partial charge in [0.25, 0.3) is 0 Å². The molecule has 1 aliphatic heterocycles. The molecule has 1 fully saturated rings. The van der Waals surface area contributed by atoms with Crippen LogP contribution in [0.25, 0.3) is 0 Å². The van der Waals surface area contributed by atoms with E-state index in [0.717, 1.165) is 38.4 Å². The fraction of sp³-hybridized carbons (Fsp3) is 0.294. The third kappa shape index (κ3) is 3.73. The van der Waals surface area contributed by atoms with Crippen molar-refractivity contribution in [3.8, 4) is 0 Å². The van der Waals surface area contributed by atoms with Crippen molar-refractivity contribution in [2.75, 3.05) is 36.4 Å². The lowest BCUT2D eigenvalue weighted by Crippen LogP contribution is -2.43. The smallest absolute Gasteiger partial charge is 0.123 e. The van der Waals surface area contributed by atoms with Crippen LogP contribution in [0.2, 0.25) is 0 Å². The number of nitrogens with one attached hydrogen (secondary N) is 2. The zero-order chi connectivity index (χ0) is 14.5. The molecular formula is C17H20FN3. The molecular weight excluding hydrogens is 265 g/mol. The van der Waals surface area contributed by atoms with Crippen molar-refractivity contribution in [3.05, 3.63) is 59.9 Å². The van der Waals surface area contributed by atoms with E-state index in [2.05, 4.69) is 39.8 Å². The van der Waals surface area contributed by atoms with E-state index in [4.69, 9.17) is 0 Å². The number of piperazine rings is 1. The summed E-state index contributed by atoms with van der Waals surface area (Å²) in [7, 11) is 0. The second kappa shape index (κ2) is 6.59. The highest BCUT2D eigenvalue weighted by Crippen LogP contribution is 2.17. The third-order valence-corrected chi connectivity index (χ3v) is 3.76. The molecule has 2 aromatic carbocycles. The summed E-state index contributed by atoms with van der Waals surface area (Å²) in [5.41, 5.74) is 3.43. The third-order valence-electron chi connectivity index (χ3n) is 3.76. The van der Waals surface area contributed by atoms with Gasteiger partial charge in [0, 0.05) is 44.1 Å². The molecule has 4 heteroatoms. The highest BCUT2D eigenvalue weighted by Gasteiger charge is 2.09. The molecule has 2 aromatic rings. The molecule has 1 saturated heterocycles. The maximum atomic E-state index is 12.8. The van der Waals surface area contributed by atoms with Gasteiger partial charge < -0.3 is 15.5 Å². The van der Waals surface area contributed by atoms with Crippen LogP contribution in [-0.2, 0) is 6.54 Å². The van der Waals surface area contributed by atoms with Crippen molar-refractivity contribution in [2.45, 2.75) is 6.54 Å². The fourth-order valence-corrected chi connectivity index (χ4v) is 2.52. The van der Waals surface area contributed by atoms with Gasteiger partial charge in [0.1, 0.15) is 5.82 Å². The van der Waals surface area contributed by atoms with Gasteiger partial charge in [-0.3, -0.25) is 0 Å². The summed E-state index contributed by atoms with van der Waals surface area (Å²) < 4.78 is 12.8. The van der Waals surface area contributed by atoms with Crippen LogP contribution in [0.1, 0.15) is 5.56 Å². The van der Waals surface area contributed by atoms with E-state index < -0.39 is 0 Å². The molecule has 2 N–H and O–H groups in total. The van der Waals surface area contributed by atoms with Gasteiger partial charge in [0.05, 0.1) is 0 Å². The predicted octanol–water partition coefficient (Wildman–Crippen LogP) is 2.85. The first-order valence-electron chi connectivity index (χ1n) is 7.35. The number of nitrogens with zero attached hydrogens (tertiary/aromatic N) is 1. The van der Waals surface area contributed by atoms with Crippen molar-refractivity contribution in [1.29, 1.82) is 0 Å². The van der Waals surface area contributed by atoms with Crippen LogP contribution >= 0.6 is 0 Å². The second-order valence-corrected chi connectivity index (χ2v) is 5.26. The molecule has 0 saturated carbocycles. The van der Waals surface area contributed by atoms with E-state index >= 15 is 0 Å². The Morgan fingerprint density at radius 2 is 1.62 bits per heavy atom. The van der Waals surface area contributed by atoms with Gasteiger partial charge >= 0.3 is 0 Å². The van der Waals surface area contributed by atoms with Gasteiger partial charge in [0.2, 0.25) is 0 Å². The summed E-state index contributed by atoms with van der Waals surface area (Å²) in [4.78, 5) is 2.40. The van der Waals surface area contributed by atoms with Crippen molar-refractivity contribution < 1.29 is 4.39 Å². The van der Waals surface area contributed by atoms with Crippen LogP contribution < -0.4 is 15.5 Å². The van der Waals surface area contributed by atoms with E-state index in [-0.39, 0.29) is 5.82 Å². The average Bonchev–Trinajstić information content (AvgIpc) is 2.56. The first-order chi connectivity index (χ1) is 10.3. The molecule has 0 bridgehead atoms. The molecule has 110 valence electrons. The summed E-state index contributed by atoms with van der Waals surface area (Å²) in [6.45, 7) is 4.97. The standard InChI is InChI=1S/C17H20FN3/c18-15-3-5-16(6-4-15)20-13-14-1-7-17(8-2-14)21-11-9-19-10-12-21/h1-8,19-20H,9-13H2. The van der Waals surface area contributed by atoms with Crippen LogP contribution in [0.4, 0.5) is 15.8 Å². The lowest BCUT2D eigenvalue weighted by Gasteiger charge is -2.29. The molecule has 0 amide bonds. The largest absolute Gasteiger partial charge is 0.381 e. The number of halogens is 1. The van der Waals surface area contributed by atoms with Crippen molar-refractivity contribution in [2.24, 2.45) is 0 Å². The second-order valence-electron chi connectivity index (χ2n) is 5.26. The normalized spacial score (nSPS) is 15.0. The zero-order valence-corrected chi connectivity index (χ0v) is 12.0. The summed E-state index contributed by atoms with van der Waals surface area (Å²) >= 11 is 0. The Morgan fingerprint density at radius 1 is 0.952 bits per heavy atom. The fourth-order valence-electron chi connectivity index (χ4n) is 2.52. The van der Waals surface area contributed by atoms with Gasteiger partial charge in [0.15, 0.2) is 0 Å². The van der Waals surface area contributed by atoms with Gasteiger partial charge in [-0.25, -0.2) is 4.39 Å². The molecule has 0 aliphatic carbocycles. The monoisotopic (exact) mass is 285 g/mol. The number of hydrogen-bond donors (Lipinski definition) is 2. The van der Waals surface area contributed by atoms with Gasteiger partial charge in [-0.05, 0) is 42.0 Å². The minimum absolute atomic E-state index is 0.207. The van der Waals surface area contributed by atoms with Crippen LogP contribution in [0, 0.1) is 5.82 Å². The van der Waals surface area contributed by atoms with Crippen LogP contribution in [0.3, 0.4) is 0 Å². The van der Waals surface area contributed by atoms with E-state index in [0.29, 0.717) is 0 Å². The maximum absolute atomic E-state index is 12.8. The highest BCUT2D eigenvalue weighted by molar-refractivity contribution is 5.49. The van der Waals surface area contributed by atoms with E-state index in [9.17, 15) is 4.39 Å². The lowest BCUT2D eigenvalue weighted by atomic mass is 10.1. The van der Waals surface area contributed by atoms with E-state index in [1.807, 2.05) is 0 Å². The van der Waals surface area contributed by atoms with Crippen LogP contribution in [0.15, 0.2) is 48.5 Å². The van der Waals surface area contributed by atoms with E-state index in [1.54, 1.807) is 12.1 Å². The summed E-state index contributed by atoms with van der Waals surface area (Å²) in [6.07, 6.45) is 0. The minimum Gasteiger partial charge on any atom is -0.381 e. The maximum Gasteiger partial charge on any atom is 0.123 e. The molecule has 0 atom stereocenters. The first-order valence-corrected chi connectivity index (χ1v) is 7.35. The summed E-state index contributed by atoms with van der Waals surface area (Å²) in [6, 6.07) is 15.1. The number of anilines is 2. The minimum atomic E-state index is -0.207. The number of benzene rings is 2. The highest BCUT2D eigenvalue weighted by atomic mass is 19.1. The zero-order valence-electron chi connectivity index (χ0n) is 12.0. The molecule has 0 radical (unpaired) electrons. The first kappa shape index (κ1) is 13.9. The molecule has 1 heterocycles. The van der Waals surface area contributed by atoms with Gasteiger partial charge in [-0.1, -0.05) is 12.1 Å². The molecule has 0 spiro atoms. The van der Waals surface area contributed by atoms with Crippen molar-refractivity contribution in [1.82, 2.24) is 5.32 Å². The van der Waals surface area contributed by atoms with Gasteiger partial charge in [-0.2, -0.15) is 0 Å². The Hall–Kier alpha value is -2.07. The number of rotatable bonds is 4. The Bertz CT molecular complexity index is 560. The van der Waals surface area contributed by atoms with E-state index in [1.165, 1.54) is 23.4 Å². The Morgan fingerprint density at radius 3 is 2.29 bits per heavy atom. The average molecular weight is 285 g/mol. The van der Waals surface area contributed by atoms with Crippen molar-refractivity contribution >= 4 is 11.4 Å². The topological polar surface area (TPSA) is 27.3 Å². The van der Waals surface area contributed by atoms with Crippen molar-refractivity contribution in [3.63, 3.8) is 0 Å². The van der Waals surface area contributed by atoms with Gasteiger partial charge in [-0.15, -0.1) is 0 Å². The molecule has 3 nitrogen and oxygen atoms in total. The summed E-state index contributed by atoms with van der Waals surface area (Å²) in [5, 5.41) is 6.66. The number of hydrogen-bond acceptors (Lipinski definition) is 3. The van der Waals surface area contributed by atoms with Crippen LogP contribution in [0.5, 0.6) is 0 Å². The quantitative estimate of drug-likeness (QED) is 0.904. The Labute approximate surface area is 124 Å². The molecule has 1 aliphatic rings. The molecule has 21 heavy (non-hydrogen) atoms. The Balaban J connectivity index is 1.57. The molecule has 3 rings (SSSR count). The Kier molecular flexibility index (Phi) is 4.36. The molecule has 0 aromatic heterocycles. The SMILES string of the molecule is Fc1ccc(NCc2ccc(N3CCNCC3)cc2)cc1.